The summed E-state index contributed by atoms with van der Waals surface area (Å²) < 4.78 is 9.58. The molecular weight excluding hydrogens is 254 g/mol. The van der Waals surface area contributed by atoms with Gasteiger partial charge in [-0.1, -0.05) is 5.16 Å². The van der Waals surface area contributed by atoms with Gasteiger partial charge in [-0.05, 0) is 6.92 Å². The minimum Gasteiger partial charge on any atom is -0.466 e. The van der Waals surface area contributed by atoms with Crippen molar-refractivity contribution in [3.8, 4) is 0 Å². The Bertz CT molecular complexity index is 495. The van der Waals surface area contributed by atoms with Crippen LogP contribution in [-0.4, -0.2) is 22.7 Å². The molecule has 7 heteroatoms. The van der Waals surface area contributed by atoms with Gasteiger partial charge in [-0.3, -0.25) is 4.79 Å². The Morgan fingerprint density at radius 2 is 2.44 bits per heavy atom. The molecule has 2 aromatic rings. The Morgan fingerprint density at radius 1 is 1.56 bits per heavy atom. The third kappa shape index (κ3) is 3.56. The number of carbonyl (C=O) groups is 1. The fourth-order valence-corrected chi connectivity index (χ4v) is 2.03. The van der Waals surface area contributed by atoms with Crippen LogP contribution in [0.2, 0.25) is 0 Å². The molecule has 0 amide bonds. The van der Waals surface area contributed by atoms with Gasteiger partial charge in [0.15, 0.2) is 5.13 Å². The molecule has 0 aliphatic carbocycles. The number of nitrogens with one attached hydrogen (secondary N) is 1. The molecular formula is C11H13N3O3S. The summed E-state index contributed by atoms with van der Waals surface area (Å²) in [5, 5.41) is 9.46. The van der Waals surface area contributed by atoms with Crippen molar-refractivity contribution in [3.63, 3.8) is 0 Å². The predicted molar refractivity (Wildman–Crippen MR) is 66.3 cm³/mol. The van der Waals surface area contributed by atoms with E-state index in [0.29, 0.717) is 18.8 Å². The lowest BCUT2D eigenvalue weighted by molar-refractivity contribution is -0.142. The number of ether oxygens (including phenoxy) is 1. The lowest BCUT2D eigenvalue weighted by atomic mass is 10.3. The first kappa shape index (κ1) is 12.6. The van der Waals surface area contributed by atoms with Gasteiger partial charge in [0, 0.05) is 11.4 Å². The number of aromatic nitrogens is 2. The fourth-order valence-electron chi connectivity index (χ4n) is 1.32. The number of hydrogen-bond acceptors (Lipinski definition) is 7. The molecule has 2 aromatic heterocycles. The second-order valence-electron chi connectivity index (χ2n) is 3.47. The van der Waals surface area contributed by atoms with Crippen LogP contribution in [0.15, 0.2) is 22.2 Å². The average Bonchev–Trinajstić information content (AvgIpc) is 2.97. The van der Waals surface area contributed by atoms with Gasteiger partial charge in [0.25, 0.3) is 0 Å². The Labute approximate surface area is 108 Å². The third-order valence-electron chi connectivity index (χ3n) is 2.09. The minimum absolute atomic E-state index is 0.204. The molecule has 1 N–H and O–H groups in total. The first-order valence-corrected chi connectivity index (χ1v) is 6.39. The third-order valence-corrected chi connectivity index (χ3v) is 2.94. The van der Waals surface area contributed by atoms with Gasteiger partial charge in [-0.15, -0.1) is 11.3 Å². The maximum absolute atomic E-state index is 11.3. The Hall–Kier alpha value is -1.89. The minimum atomic E-state index is -0.258. The van der Waals surface area contributed by atoms with Gasteiger partial charge < -0.3 is 14.6 Å². The van der Waals surface area contributed by atoms with E-state index in [2.05, 4.69) is 15.5 Å². The molecule has 0 unspecified atom stereocenters. The predicted octanol–water partition coefficient (Wildman–Crippen LogP) is 1.85. The van der Waals surface area contributed by atoms with Crippen molar-refractivity contribution in [2.45, 2.75) is 19.9 Å². The molecule has 0 spiro atoms. The smallest absolute Gasteiger partial charge is 0.311 e. The van der Waals surface area contributed by atoms with E-state index in [9.17, 15) is 4.79 Å². The zero-order chi connectivity index (χ0) is 12.8. The highest BCUT2D eigenvalue weighted by Gasteiger charge is 2.08. The van der Waals surface area contributed by atoms with Gasteiger partial charge in [0.05, 0.1) is 25.3 Å². The van der Waals surface area contributed by atoms with E-state index in [1.54, 1.807) is 13.0 Å². The van der Waals surface area contributed by atoms with E-state index < -0.39 is 0 Å². The summed E-state index contributed by atoms with van der Waals surface area (Å²) in [4.78, 5) is 15.5. The van der Waals surface area contributed by atoms with Crippen LogP contribution in [0.3, 0.4) is 0 Å². The highest BCUT2D eigenvalue weighted by molar-refractivity contribution is 7.13. The van der Waals surface area contributed by atoms with E-state index in [0.717, 1.165) is 10.8 Å². The molecule has 2 heterocycles. The maximum Gasteiger partial charge on any atom is 0.311 e. The van der Waals surface area contributed by atoms with Crippen molar-refractivity contribution >= 4 is 22.4 Å². The van der Waals surface area contributed by atoms with Crippen LogP contribution in [-0.2, 0) is 22.5 Å². The molecule has 96 valence electrons. The highest BCUT2D eigenvalue weighted by Crippen LogP contribution is 2.16. The normalized spacial score (nSPS) is 10.3. The van der Waals surface area contributed by atoms with Gasteiger partial charge in [0.1, 0.15) is 12.0 Å². The SMILES string of the molecule is CCOC(=O)Cc1csc(NCc2ccon2)n1. The monoisotopic (exact) mass is 267 g/mol. The highest BCUT2D eigenvalue weighted by atomic mass is 32.1. The number of esters is 1. The van der Waals surface area contributed by atoms with Gasteiger partial charge in [-0.2, -0.15) is 0 Å². The molecule has 2 rings (SSSR count). The molecule has 0 aliphatic heterocycles. The lowest BCUT2D eigenvalue weighted by Crippen LogP contribution is -2.07. The van der Waals surface area contributed by atoms with Crippen LogP contribution in [0.1, 0.15) is 18.3 Å². The molecule has 0 atom stereocenters. The van der Waals surface area contributed by atoms with E-state index in [1.165, 1.54) is 17.6 Å². The lowest BCUT2D eigenvalue weighted by Gasteiger charge is -1.99. The van der Waals surface area contributed by atoms with Crippen molar-refractivity contribution in [1.29, 1.82) is 0 Å². The number of thiazole rings is 1. The number of rotatable bonds is 6. The maximum atomic E-state index is 11.3. The topological polar surface area (TPSA) is 77.2 Å². The number of carbonyl (C=O) groups excluding carboxylic acids is 1. The van der Waals surface area contributed by atoms with E-state index in [1.807, 2.05) is 5.38 Å². The molecule has 0 fully saturated rings. The summed E-state index contributed by atoms with van der Waals surface area (Å²) in [6.07, 6.45) is 1.72. The molecule has 0 radical (unpaired) electrons. The zero-order valence-corrected chi connectivity index (χ0v) is 10.7. The molecule has 18 heavy (non-hydrogen) atoms. The molecule has 0 bridgehead atoms. The van der Waals surface area contributed by atoms with Gasteiger partial charge in [-0.25, -0.2) is 4.98 Å². The summed E-state index contributed by atoms with van der Waals surface area (Å²) in [7, 11) is 0. The summed E-state index contributed by atoms with van der Waals surface area (Å²) in [5.74, 6) is -0.258. The van der Waals surface area contributed by atoms with Crippen LogP contribution in [0.4, 0.5) is 5.13 Å². The number of hydrogen-bond donors (Lipinski definition) is 1. The van der Waals surface area contributed by atoms with Crippen LogP contribution in [0, 0.1) is 0 Å². The van der Waals surface area contributed by atoms with Crippen LogP contribution < -0.4 is 5.32 Å². The molecule has 0 aliphatic rings. The van der Waals surface area contributed by atoms with Crippen molar-refractivity contribution < 1.29 is 14.1 Å². The summed E-state index contributed by atoms with van der Waals surface area (Å²) in [6.45, 7) is 2.72. The molecule has 6 nitrogen and oxygen atoms in total. The quantitative estimate of drug-likeness (QED) is 0.805. The van der Waals surface area contributed by atoms with Crippen LogP contribution >= 0.6 is 11.3 Å². The van der Waals surface area contributed by atoms with Crippen LogP contribution in [0.25, 0.3) is 0 Å². The second kappa shape index (κ2) is 6.15. The molecule has 0 aromatic carbocycles. The zero-order valence-electron chi connectivity index (χ0n) is 9.88. The van der Waals surface area contributed by atoms with Crippen molar-refractivity contribution in [2.24, 2.45) is 0 Å². The van der Waals surface area contributed by atoms with E-state index in [4.69, 9.17) is 9.26 Å². The number of nitrogens with zero attached hydrogens (tertiary/aromatic N) is 2. The Kier molecular flexibility index (Phi) is 4.30. The molecule has 0 saturated heterocycles. The Balaban J connectivity index is 1.84. The number of anilines is 1. The van der Waals surface area contributed by atoms with Crippen molar-refractivity contribution in [2.75, 3.05) is 11.9 Å². The van der Waals surface area contributed by atoms with E-state index >= 15 is 0 Å². The largest absolute Gasteiger partial charge is 0.466 e. The van der Waals surface area contributed by atoms with Gasteiger partial charge >= 0.3 is 5.97 Å². The summed E-state index contributed by atoms with van der Waals surface area (Å²) in [5.41, 5.74) is 1.51. The summed E-state index contributed by atoms with van der Waals surface area (Å²) in [6, 6.07) is 1.78. The van der Waals surface area contributed by atoms with Gasteiger partial charge in [0.2, 0.25) is 0 Å². The second-order valence-corrected chi connectivity index (χ2v) is 4.33. The summed E-state index contributed by atoms with van der Waals surface area (Å²) >= 11 is 1.44. The van der Waals surface area contributed by atoms with Crippen LogP contribution in [0.5, 0.6) is 0 Å². The van der Waals surface area contributed by atoms with E-state index in [-0.39, 0.29) is 12.4 Å². The fraction of sp³-hybridized carbons (Fsp3) is 0.364. The molecule has 0 saturated carbocycles. The van der Waals surface area contributed by atoms with Crippen molar-refractivity contribution in [1.82, 2.24) is 10.1 Å². The Morgan fingerprint density at radius 3 is 3.17 bits per heavy atom. The first-order valence-electron chi connectivity index (χ1n) is 5.51. The first-order chi connectivity index (χ1) is 8.78. The van der Waals surface area contributed by atoms with Crippen molar-refractivity contribution in [3.05, 3.63) is 29.1 Å². The average molecular weight is 267 g/mol. The standard InChI is InChI=1S/C11H13N3O3S/c1-2-16-10(15)5-9-7-18-11(13-9)12-6-8-3-4-17-14-8/h3-4,7H,2,5-6H2,1H3,(H,12,13).